The van der Waals surface area contributed by atoms with E-state index in [9.17, 15) is 5.11 Å². The largest absolute Gasteiger partial charge is 0.394 e. The summed E-state index contributed by atoms with van der Waals surface area (Å²) in [6.07, 6.45) is 6.58. The van der Waals surface area contributed by atoms with Gasteiger partial charge in [0, 0.05) is 17.7 Å². The van der Waals surface area contributed by atoms with E-state index in [2.05, 4.69) is 22.0 Å². The third-order valence-corrected chi connectivity index (χ3v) is 4.25. The Morgan fingerprint density at radius 3 is 2.94 bits per heavy atom. The molecule has 4 nitrogen and oxygen atoms in total. The number of aliphatic hydroxyl groups is 2. The van der Waals surface area contributed by atoms with Gasteiger partial charge in [-0.1, -0.05) is 12.8 Å². The summed E-state index contributed by atoms with van der Waals surface area (Å²) in [7, 11) is 0. The highest BCUT2D eigenvalue weighted by atomic mass is 32.2. The number of hydrogen-bond donors (Lipinski definition) is 2. The van der Waals surface area contributed by atoms with E-state index in [1.54, 1.807) is 11.8 Å². The number of aliphatic hydroxyl groups excluding tert-OH is 2. The summed E-state index contributed by atoms with van der Waals surface area (Å²) in [5.41, 5.74) is 1.06. The topological polar surface area (TPSA) is 58.3 Å². The van der Waals surface area contributed by atoms with Gasteiger partial charge in [-0.25, -0.2) is 0 Å². The van der Waals surface area contributed by atoms with Gasteiger partial charge >= 0.3 is 0 Å². The molecule has 0 amide bonds. The maximum Gasteiger partial charge on any atom is 0.0861 e. The van der Waals surface area contributed by atoms with Crippen LogP contribution in [0.3, 0.4) is 0 Å². The summed E-state index contributed by atoms with van der Waals surface area (Å²) in [4.78, 5) is 0. The monoisotopic (exact) mass is 256 g/mol. The maximum absolute atomic E-state index is 9.22. The smallest absolute Gasteiger partial charge is 0.0861 e. The average Bonchev–Trinajstić information content (AvgIpc) is 2.98. The second-order valence-corrected chi connectivity index (χ2v) is 5.61. The zero-order chi connectivity index (χ0) is 12.1. The molecule has 2 rings (SSSR count). The van der Waals surface area contributed by atoms with Crippen LogP contribution < -0.4 is 0 Å². The second kappa shape index (κ2) is 6.42. The third kappa shape index (κ3) is 3.72. The van der Waals surface area contributed by atoms with E-state index in [-0.39, 0.29) is 6.61 Å². The minimum absolute atomic E-state index is 0.163. The summed E-state index contributed by atoms with van der Waals surface area (Å²) in [6, 6.07) is 2.65. The minimum atomic E-state index is -0.614. The predicted octanol–water partition coefficient (Wildman–Crippen LogP) is 1.58. The first-order chi connectivity index (χ1) is 8.29. The zero-order valence-electron chi connectivity index (χ0n) is 9.96. The van der Waals surface area contributed by atoms with E-state index in [1.807, 2.05) is 0 Å². The molecule has 17 heavy (non-hydrogen) atoms. The third-order valence-electron chi connectivity index (χ3n) is 3.13. The molecule has 0 radical (unpaired) electrons. The molecular formula is C12H20N2O2S. The highest BCUT2D eigenvalue weighted by Crippen LogP contribution is 2.28. The van der Waals surface area contributed by atoms with Crippen LogP contribution >= 0.6 is 11.8 Å². The van der Waals surface area contributed by atoms with Gasteiger partial charge in [0.05, 0.1) is 24.4 Å². The first-order valence-electron chi connectivity index (χ1n) is 6.20. The highest BCUT2D eigenvalue weighted by Gasteiger charge is 2.17. The molecule has 0 aliphatic heterocycles. The van der Waals surface area contributed by atoms with Crippen molar-refractivity contribution in [1.29, 1.82) is 0 Å². The summed E-state index contributed by atoms with van der Waals surface area (Å²) < 4.78 is 2.09. The van der Waals surface area contributed by atoms with Crippen LogP contribution in [0, 0.1) is 0 Å². The molecule has 1 heterocycles. The van der Waals surface area contributed by atoms with Crippen molar-refractivity contribution >= 4 is 11.8 Å². The molecule has 1 aromatic rings. The molecule has 0 aromatic carbocycles. The van der Waals surface area contributed by atoms with Crippen molar-refractivity contribution < 1.29 is 10.2 Å². The number of rotatable bonds is 6. The molecule has 1 aliphatic carbocycles. The second-order valence-electron chi connectivity index (χ2n) is 4.58. The van der Waals surface area contributed by atoms with Crippen LogP contribution in [0.4, 0.5) is 0 Å². The van der Waals surface area contributed by atoms with E-state index >= 15 is 0 Å². The quantitative estimate of drug-likeness (QED) is 0.811. The molecule has 1 atom stereocenters. The van der Waals surface area contributed by atoms with Gasteiger partial charge in [0.2, 0.25) is 0 Å². The Hall–Kier alpha value is -0.520. The minimum Gasteiger partial charge on any atom is -0.394 e. The molecule has 0 saturated heterocycles. The first kappa shape index (κ1) is 12.9. The van der Waals surface area contributed by atoms with Crippen LogP contribution in [0.1, 0.15) is 37.4 Å². The molecule has 1 unspecified atom stereocenters. The Bertz CT molecular complexity index is 337. The number of aromatic nitrogens is 2. The number of thioether (sulfide) groups is 1. The molecule has 5 heteroatoms. The molecule has 1 aliphatic rings. The van der Waals surface area contributed by atoms with Crippen molar-refractivity contribution in [3.8, 4) is 0 Å². The van der Waals surface area contributed by atoms with Crippen LogP contribution in [0.15, 0.2) is 12.3 Å². The summed E-state index contributed by atoms with van der Waals surface area (Å²) in [5.74, 6) is 1.36. The van der Waals surface area contributed by atoms with Gasteiger partial charge in [0.1, 0.15) is 0 Å². The van der Waals surface area contributed by atoms with Crippen LogP contribution in [0.25, 0.3) is 0 Å². The van der Waals surface area contributed by atoms with Gasteiger partial charge in [0.25, 0.3) is 0 Å². The predicted molar refractivity (Wildman–Crippen MR) is 69.0 cm³/mol. The Kier molecular flexibility index (Phi) is 4.88. The van der Waals surface area contributed by atoms with Crippen molar-refractivity contribution in [2.24, 2.45) is 0 Å². The van der Waals surface area contributed by atoms with Crippen LogP contribution in [-0.4, -0.2) is 38.5 Å². The number of hydrogen-bond acceptors (Lipinski definition) is 4. The fourth-order valence-electron chi connectivity index (χ4n) is 2.18. The average molecular weight is 256 g/mol. The molecule has 1 aromatic heterocycles. The molecule has 1 fully saturated rings. The van der Waals surface area contributed by atoms with Gasteiger partial charge in [-0.05, 0) is 18.9 Å². The van der Waals surface area contributed by atoms with Crippen LogP contribution in [0.5, 0.6) is 0 Å². The van der Waals surface area contributed by atoms with E-state index in [0.717, 1.165) is 11.4 Å². The first-order valence-corrected chi connectivity index (χ1v) is 7.36. The summed E-state index contributed by atoms with van der Waals surface area (Å²) >= 11 is 1.61. The lowest BCUT2D eigenvalue weighted by atomic mass is 10.3. The fraction of sp³-hybridized carbons (Fsp3) is 0.750. The van der Waals surface area contributed by atoms with E-state index in [4.69, 9.17) is 5.11 Å². The Balaban J connectivity index is 1.77. The van der Waals surface area contributed by atoms with E-state index < -0.39 is 6.10 Å². The Morgan fingerprint density at radius 2 is 2.24 bits per heavy atom. The SMILES string of the molecule is OCC(O)CSCc1ccn(C2CCCC2)n1. The van der Waals surface area contributed by atoms with Crippen molar-refractivity contribution in [2.75, 3.05) is 12.4 Å². The molecule has 0 spiro atoms. The van der Waals surface area contributed by atoms with E-state index in [0.29, 0.717) is 11.8 Å². The normalized spacial score (nSPS) is 18.7. The fourth-order valence-corrected chi connectivity index (χ4v) is 3.04. The molecule has 0 bridgehead atoms. The zero-order valence-corrected chi connectivity index (χ0v) is 10.8. The lowest BCUT2D eigenvalue weighted by Gasteiger charge is -2.09. The van der Waals surface area contributed by atoms with Crippen molar-refractivity contribution in [1.82, 2.24) is 9.78 Å². The Labute approximate surface area is 106 Å². The molecule has 1 saturated carbocycles. The maximum atomic E-state index is 9.22. The molecular weight excluding hydrogens is 236 g/mol. The lowest BCUT2D eigenvalue weighted by Crippen LogP contribution is -2.14. The van der Waals surface area contributed by atoms with Gasteiger partial charge in [-0.15, -0.1) is 0 Å². The standard InChI is InChI=1S/C12H20N2O2S/c15-7-12(16)9-17-8-10-5-6-14(13-10)11-3-1-2-4-11/h5-6,11-12,15-16H,1-4,7-9H2. The lowest BCUT2D eigenvalue weighted by molar-refractivity contribution is 0.113. The van der Waals surface area contributed by atoms with Gasteiger partial charge in [-0.3, -0.25) is 4.68 Å². The van der Waals surface area contributed by atoms with Gasteiger partial charge in [-0.2, -0.15) is 16.9 Å². The van der Waals surface area contributed by atoms with E-state index in [1.165, 1.54) is 25.7 Å². The summed E-state index contributed by atoms with van der Waals surface area (Å²) in [6.45, 7) is -0.163. The molecule has 2 N–H and O–H groups in total. The van der Waals surface area contributed by atoms with Crippen molar-refractivity contribution in [2.45, 2.75) is 43.6 Å². The number of nitrogens with zero attached hydrogens (tertiary/aromatic N) is 2. The Morgan fingerprint density at radius 1 is 1.47 bits per heavy atom. The van der Waals surface area contributed by atoms with Crippen LogP contribution in [0.2, 0.25) is 0 Å². The molecule has 96 valence electrons. The van der Waals surface area contributed by atoms with Gasteiger partial charge in [0.15, 0.2) is 0 Å². The summed E-state index contributed by atoms with van der Waals surface area (Å²) in [5, 5.41) is 22.5. The highest BCUT2D eigenvalue weighted by molar-refractivity contribution is 7.98. The van der Waals surface area contributed by atoms with Crippen molar-refractivity contribution in [3.63, 3.8) is 0 Å². The van der Waals surface area contributed by atoms with Crippen molar-refractivity contribution in [3.05, 3.63) is 18.0 Å². The van der Waals surface area contributed by atoms with Gasteiger partial charge < -0.3 is 10.2 Å². The van der Waals surface area contributed by atoms with Crippen LogP contribution in [-0.2, 0) is 5.75 Å².